The van der Waals surface area contributed by atoms with E-state index in [1.54, 1.807) is 0 Å². The van der Waals surface area contributed by atoms with Crippen molar-refractivity contribution in [1.29, 1.82) is 0 Å². The van der Waals surface area contributed by atoms with Crippen LogP contribution in [-0.4, -0.2) is 15.7 Å². The second-order valence-corrected chi connectivity index (χ2v) is 4.71. The van der Waals surface area contributed by atoms with E-state index in [4.69, 9.17) is 4.74 Å². The summed E-state index contributed by atoms with van der Waals surface area (Å²) in [5.74, 6) is 0.660. The smallest absolute Gasteiger partial charge is 0.330 e. The Hall–Kier alpha value is -1.36. The highest BCUT2D eigenvalue weighted by molar-refractivity contribution is 4.89. The highest BCUT2D eigenvalue weighted by Gasteiger charge is 2.39. The summed E-state index contributed by atoms with van der Waals surface area (Å²) in [6.07, 6.45) is 2.33. The van der Waals surface area contributed by atoms with Crippen LogP contribution in [0, 0.1) is 11.8 Å². The molecule has 4 unspecified atom stereocenters. The maximum absolute atomic E-state index is 11.7. The van der Waals surface area contributed by atoms with Gasteiger partial charge in [0.15, 0.2) is 0 Å². The molecule has 2 rings (SSSR count). The first-order valence-electron chi connectivity index (χ1n) is 6.01. The third-order valence-electron chi connectivity index (χ3n) is 3.71. The van der Waals surface area contributed by atoms with Gasteiger partial charge in [-0.1, -0.05) is 20.8 Å². The fourth-order valence-electron chi connectivity index (χ4n) is 2.44. The topological polar surface area (TPSA) is 64.1 Å². The van der Waals surface area contributed by atoms with Crippen LogP contribution in [0.5, 0.6) is 0 Å². The van der Waals surface area contributed by atoms with E-state index in [1.165, 1.54) is 16.8 Å². The Kier molecular flexibility index (Phi) is 3.19. The van der Waals surface area contributed by atoms with Gasteiger partial charge in [0.2, 0.25) is 0 Å². The summed E-state index contributed by atoms with van der Waals surface area (Å²) < 4.78 is 7.35. The van der Waals surface area contributed by atoms with Crippen LogP contribution >= 0.6 is 0 Å². The molecule has 1 aliphatic heterocycles. The van der Waals surface area contributed by atoms with Gasteiger partial charge in [-0.05, 0) is 12.3 Å². The molecule has 1 aromatic rings. The minimum Gasteiger partial charge on any atom is -0.354 e. The van der Waals surface area contributed by atoms with Crippen molar-refractivity contribution in [2.24, 2.45) is 11.8 Å². The molecule has 0 saturated carbocycles. The highest BCUT2D eigenvalue weighted by Crippen LogP contribution is 2.38. The second-order valence-electron chi connectivity index (χ2n) is 4.71. The molecule has 0 radical (unpaired) electrons. The van der Waals surface area contributed by atoms with E-state index in [2.05, 4.69) is 25.8 Å². The van der Waals surface area contributed by atoms with E-state index in [9.17, 15) is 9.59 Å². The molecule has 17 heavy (non-hydrogen) atoms. The summed E-state index contributed by atoms with van der Waals surface area (Å²) in [5, 5.41) is 0. The average Bonchev–Trinajstić information content (AvgIpc) is 2.57. The van der Waals surface area contributed by atoms with Gasteiger partial charge in [-0.3, -0.25) is 14.3 Å². The molecule has 2 heterocycles. The molecule has 5 nitrogen and oxygen atoms in total. The molecule has 1 N–H and O–H groups in total. The van der Waals surface area contributed by atoms with Crippen LogP contribution in [0.4, 0.5) is 0 Å². The number of rotatable bonds is 2. The molecule has 0 spiro atoms. The van der Waals surface area contributed by atoms with Crippen LogP contribution in [0.15, 0.2) is 21.9 Å². The monoisotopic (exact) mass is 238 g/mol. The van der Waals surface area contributed by atoms with Crippen molar-refractivity contribution in [2.45, 2.75) is 39.5 Å². The van der Waals surface area contributed by atoms with Crippen LogP contribution in [0.25, 0.3) is 0 Å². The van der Waals surface area contributed by atoms with Gasteiger partial charge in [-0.2, -0.15) is 0 Å². The number of aromatic amines is 1. The first-order chi connectivity index (χ1) is 8.04. The van der Waals surface area contributed by atoms with Crippen molar-refractivity contribution in [3.63, 3.8) is 0 Å². The summed E-state index contributed by atoms with van der Waals surface area (Å²) in [7, 11) is 0. The Morgan fingerprint density at radius 2 is 2.06 bits per heavy atom. The molecule has 4 atom stereocenters. The zero-order valence-electron chi connectivity index (χ0n) is 10.3. The van der Waals surface area contributed by atoms with E-state index in [-0.39, 0.29) is 23.8 Å². The third kappa shape index (κ3) is 2.07. The maximum Gasteiger partial charge on any atom is 0.330 e. The fraction of sp³-hybridized carbons (Fsp3) is 0.667. The molecular formula is C12H18N2O3. The van der Waals surface area contributed by atoms with Crippen molar-refractivity contribution in [2.75, 3.05) is 0 Å². The number of ether oxygens (including phenoxy) is 1. The third-order valence-corrected chi connectivity index (χ3v) is 3.71. The van der Waals surface area contributed by atoms with E-state index in [0.29, 0.717) is 5.92 Å². The maximum atomic E-state index is 11.7. The summed E-state index contributed by atoms with van der Waals surface area (Å²) in [5.41, 5.74) is -0.782. The molecule has 1 aliphatic rings. The normalized spacial score (nSPS) is 32.9. The number of nitrogens with one attached hydrogen (secondary N) is 1. The summed E-state index contributed by atoms with van der Waals surface area (Å²) in [6, 6.07) is 1.35. The first-order valence-corrected chi connectivity index (χ1v) is 6.01. The lowest BCUT2D eigenvalue weighted by Crippen LogP contribution is -2.33. The summed E-state index contributed by atoms with van der Waals surface area (Å²) >= 11 is 0. The van der Waals surface area contributed by atoms with Gasteiger partial charge in [0.1, 0.15) is 6.23 Å². The largest absolute Gasteiger partial charge is 0.354 e. The van der Waals surface area contributed by atoms with Crippen LogP contribution in [0.2, 0.25) is 0 Å². The lowest BCUT2D eigenvalue weighted by atomic mass is 9.91. The lowest BCUT2D eigenvalue weighted by molar-refractivity contribution is -0.0168. The van der Waals surface area contributed by atoms with Crippen molar-refractivity contribution < 1.29 is 4.74 Å². The minimum atomic E-state index is -0.404. The average molecular weight is 238 g/mol. The van der Waals surface area contributed by atoms with Crippen LogP contribution in [-0.2, 0) is 4.74 Å². The van der Waals surface area contributed by atoms with E-state index in [1.807, 2.05) is 0 Å². The SMILES string of the molecule is CCC1OC(n2ccc(=O)[nH]c2=O)C(C)C1C. The molecule has 0 amide bonds. The zero-order valence-corrected chi connectivity index (χ0v) is 10.3. The van der Waals surface area contributed by atoms with Crippen LogP contribution < -0.4 is 11.2 Å². The molecule has 94 valence electrons. The quantitative estimate of drug-likeness (QED) is 0.839. The van der Waals surface area contributed by atoms with E-state index < -0.39 is 5.69 Å². The molecule has 1 aromatic heterocycles. The Morgan fingerprint density at radius 1 is 1.35 bits per heavy atom. The Morgan fingerprint density at radius 3 is 2.59 bits per heavy atom. The van der Waals surface area contributed by atoms with Crippen LogP contribution in [0.3, 0.4) is 0 Å². The van der Waals surface area contributed by atoms with Crippen molar-refractivity contribution >= 4 is 0 Å². The molecule has 0 aliphatic carbocycles. The minimum absolute atomic E-state index is 0.175. The summed E-state index contributed by atoms with van der Waals surface area (Å²) in [4.78, 5) is 25.0. The van der Waals surface area contributed by atoms with Gasteiger partial charge in [-0.25, -0.2) is 4.79 Å². The first kappa shape index (κ1) is 12.1. The predicted octanol–water partition coefficient (Wildman–Crippen LogP) is 1.12. The molecular weight excluding hydrogens is 220 g/mol. The second kappa shape index (κ2) is 4.49. The zero-order chi connectivity index (χ0) is 12.6. The molecule has 1 fully saturated rings. The van der Waals surface area contributed by atoms with E-state index >= 15 is 0 Å². The Labute approximate surface area is 99.4 Å². The number of aromatic nitrogens is 2. The van der Waals surface area contributed by atoms with Crippen LogP contribution in [0.1, 0.15) is 33.4 Å². The Bertz CT molecular complexity index is 505. The number of H-pyrrole nitrogens is 1. The fourth-order valence-corrected chi connectivity index (χ4v) is 2.44. The van der Waals surface area contributed by atoms with Crippen molar-refractivity contribution in [3.8, 4) is 0 Å². The van der Waals surface area contributed by atoms with Gasteiger partial charge in [0.05, 0.1) is 6.10 Å². The lowest BCUT2D eigenvalue weighted by Gasteiger charge is -2.18. The number of hydrogen-bond acceptors (Lipinski definition) is 3. The Balaban J connectivity index is 2.35. The van der Waals surface area contributed by atoms with Gasteiger partial charge < -0.3 is 4.74 Å². The molecule has 5 heteroatoms. The van der Waals surface area contributed by atoms with Gasteiger partial charge >= 0.3 is 5.69 Å². The summed E-state index contributed by atoms with van der Waals surface area (Å²) in [6.45, 7) is 6.28. The molecule has 0 bridgehead atoms. The van der Waals surface area contributed by atoms with Crippen molar-refractivity contribution in [3.05, 3.63) is 33.1 Å². The van der Waals surface area contributed by atoms with E-state index in [0.717, 1.165) is 6.42 Å². The highest BCUT2D eigenvalue weighted by atomic mass is 16.5. The van der Waals surface area contributed by atoms with Crippen molar-refractivity contribution in [1.82, 2.24) is 9.55 Å². The predicted molar refractivity (Wildman–Crippen MR) is 63.9 cm³/mol. The van der Waals surface area contributed by atoms with Gasteiger partial charge in [0.25, 0.3) is 5.56 Å². The number of nitrogens with zero attached hydrogens (tertiary/aromatic N) is 1. The number of hydrogen-bond donors (Lipinski definition) is 1. The molecule has 0 aromatic carbocycles. The standard InChI is InChI=1S/C12H18N2O3/c1-4-9-7(2)8(3)11(17-9)14-6-5-10(15)13-12(14)16/h5-9,11H,4H2,1-3H3,(H,13,15,16). The molecule has 1 saturated heterocycles. The van der Waals surface area contributed by atoms with Gasteiger partial charge in [-0.15, -0.1) is 0 Å². The van der Waals surface area contributed by atoms with Gasteiger partial charge in [0, 0.05) is 18.2 Å².